The zero-order chi connectivity index (χ0) is 11.4. The minimum Gasteiger partial charge on any atom is -0.366 e. The zero-order valence-corrected chi connectivity index (χ0v) is 9.08. The van der Waals surface area contributed by atoms with Crippen LogP contribution in [0.15, 0.2) is 36.5 Å². The van der Waals surface area contributed by atoms with Gasteiger partial charge in [-0.25, -0.2) is 14.4 Å². The van der Waals surface area contributed by atoms with Crippen molar-refractivity contribution in [2.45, 2.75) is 6.54 Å². The number of rotatable bonds is 3. The van der Waals surface area contributed by atoms with Crippen molar-refractivity contribution in [2.75, 3.05) is 5.32 Å². The van der Waals surface area contributed by atoms with E-state index >= 15 is 0 Å². The van der Waals surface area contributed by atoms with E-state index < -0.39 is 0 Å². The molecular weight excluding hydrogens is 229 g/mol. The van der Waals surface area contributed by atoms with E-state index in [0.29, 0.717) is 12.4 Å². The molecule has 0 fully saturated rings. The van der Waals surface area contributed by atoms with Gasteiger partial charge >= 0.3 is 0 Å². The van der Waals surface area contributed by atoms with E-state index in [4.69, 9.17) is 11.6 Å². The summed E-state index contributed by atoms with van der Waals surface area (Å²) in [4.78, 5) is 7.72. The molecule has 2 rings (SSSR count). The molecule has 0 aliphatic heterocycles. The number of hydrogen-bond donors (Lipinski definition) is 1. The van der Waals surface area contributed by atoms with E-state index in [-0.39, 0.29) is 11.1 Å². The SMILES string of the molecule is Fc1cccc(CNc2ccnc(Cl)n2)c1. The van der Waals surface area contributed by atoms with Crippen molar-refractivity contribution in [2.24, 2.45) is 0 Å². The first kappa shape index (κ1) is 10.8. The fourth-order valence-corrected chi connectivity index (χ4v) is 1.42. The molecule has 2 aromatic rings. The minimum absolute atomic E-state index is 0.184. The van der Waals surface area contributed by atoms with Crippen molar-refractivity contribution >= 4 is 17.4 Å². The van der Waals surface area contributed by atoms with Crippen molar-refractivity contribution in [3.05, 3.63) is 53.2 Å². The Balaban J connectivity index is 2.02. The number of anilines is 1. The first-order valence-corrected chi connectivity index (χ1v) is 5.09. The van der Waals surface area contributed by atoms with Crippen LogP contribution in [0.25, 0.3) is 0 Å². The van der Waals surface area contributed by atoms with Crippen LogP contribution in [-0.4, -0.2) is 9.97 Å². The Morgan fingerprint density at radius 1 is 1.31 bits per heavy atom. The van der Waals surface area contributed by atoms with Gasteiger partial charge in [0.2, 0.25) is 5.28 Å². The van der Waals surface area contributed by atoms with Gasteiger partial charge in [0.25, 0.3) is 0 Å². The third-order valence-electron chi connectivity index (χ3n) is 1.99. The summed E-state index contributed by atoms with van der Waals surface area (Å²) in [6, 6.07) is 8.07. The topological polar surface area (TPSA) is 37.8 Å². The lowest BCUT2D eigenvalue weighted by Gasteiger charge is -2.05. The van der Waals surface area contributed by atoms with E-state index in [1.807, 2.05) is 6.07 Å². The maximum atomic E-state index is 12.9. The molecule has 0 bridgehead atoms. The highest BCUT2D eigenvalue weighted by Gasteiger charge is 1.98. The lowest BCUT2D eigenvalue weighted by atomic mass is 10.2. The minimum atomic E-state index is -0.250. The molecule has 0 radical (unpaired) electrons. The Morgan fingerprint density at radius 2 is 2.19 bits per heavy atom. The largest absolute Gasteiger partial charge is 0.366 e. The number of halogens is 2. The Labute approximate surface area is 97.3 Å². The Bertz CT molecular complexity index is 445. The molecule has 0 spiro atoms. The number of benzene rings is 1. The molecule has 1 aromatic heterocycles. The summed E-state index contributed by atoms with van der Waals surface area (Å²) >= 11 is 5.63. The van der Waals surface area contributed by atoms with Crippen LogP contribution in [0.4, 0.5) is 10.2 Å². The van der Waals surface area contributed by atoms with E-state index in [2.05, 4.69) is 15.3 Å². The molecule has 82 valence electrons. The van der Waals surface area contributed by atoms with Crippen LogP contribution in [-0.2, 0) is 6.54 Å². The molecule has 3 nitrogen and oxygen atoms in total. The second-order valence-electron chi connectivity index (χ2n) is 3.19. The molecule has 1 heterocycles. The highest BCUT2D eigenvalue weighted by molar-refractivity contribution is 6.28. The number of aromatic nitrogens is 2. The lowest BCUT2D eigenvalue weighted by Crippen LogP contribution is -2.01. The third-order valence-corrected chi connectivity index (χ3v) is 2.17. The smallest absolute Gasteiger partial charge is 0.224 e. The highest BCUT2D eigenvalue weighted by atomic mass is 35.5. The predicted molar refractivity (Wildman–Crippen MR) is 60.8 cm³/mol. The van der Waals surface area contributed by atoms with E-state index in [1.165, 1.54) is 12.1 Å². The molecular formula is C11H9ClFN3. The van der Waals surface area contributed by atoms with Gasteiger partial charge in [-0.2, -0.15) is 0 Å². The fourth-order valence-electron chi connectivity index (χ4n) is 1.27. The summed E-state index contributed by atoms with van der Waals surface area (Å²) < 4.78 is 12.9. The van der Waals surface area contributed by atoms with Gasteiger partial charge in [-0.05, 0) is 35.4 Å². The van der Waals surface area contributed by atoms with Crippen molar-refractivity contribution in [1.29, 1.82) is 0 Å². The van der Waals surface area contributed by atoms with Crippen LogP contribution in [0, 0.1) is 5.82 Å². The van der Waals surface area contributed by atoms with Gasteiger partial charge in [-0.1, -0.05) is 12.1 Å². The second-order valence-corrected chi connectivity index (χ2v) is 3.53. The van der Waals surface area contributed by atoms with Crippen LogP contribution in [0.3, 0.4) is 0 Å². The maximum Gasteiger partial charge on any atom is 0.224 e. The molecule has 0 aliphatic rings. The zero-order valence-electron chi connectivity index (χ0n) is 8.32. The molecule has 1 N–H and O–H groups in total. The molecule has 0 aliphatic carbocycles. The van der Waals surface area contributed by atoms with Gasteiger partial charge in [-0.15, -0.1) is 0 Å². The third kappa shape index (κ3) is 2.90. The Morgan fingerprint density at radius 3 is 2.94 bits per heavy atom. The summed E-state index contributed by atoms with van der Waals surface area (Å²) in [5.74, 6) is 0.365. The van der Waals surface area contributed by atoms with Crippen LogP contribution >= 0.6 is 11.6 Å². The van der Waals surface area contributed by atoms with Crippen molar-refractivity contribution < 1.29 is 4.39 Å². The molecule has 0 saturated heterocycles. The van der Waals surface area contributed by atoms with Gasteiger partial charge in [0, 0.05) is 12.7 Å². The van der Waals surface area contributed by atoms with E-state index in [9.17, 15) is 4.39 Å². The average Bonchev–Trinajstić information content (AvgIpc) is 2.27. The van der Waals surface area contributed by atoms with Crippen LogP contribution < -0.4 is 5.32 Å². The van der Waals surface area contributed by atoms with E-state index in [0.717, 1.165) is 5.56 Å². The molecule has 0 unspecified atom stereocenters. The van der Waals surface area contributed by atoms with Crippen LogP contribution in [0.5, 0.6) is 0 Å². The van der Waals surface area contributed by atoms with Crippen LogP contribution in [0.1, 0.15) is 5.56 Å². The van der Waals surface area contributed by atoms with Gasteiger partial charge in [0.15, 0.2) is 0 Å². The molecule has 5 heteroatoms. The predicted octanol–water partition coefficient (Wildman–Crippen LogP) is 2.88. The molecule has 16 heavy (non-hydrogen) atoms. The number of hydrogen-bond acceptors (Lipinski definition) is 3. The standard InChI is InChI=1S/C11H9ClFN3/c12-11-14-5-4-10(16-11)15-7-8-2-1-3-9(13)6-8/h1-6H,7H2,(H,14,15,16). The molecule has 1 aromatic carbocycles. The monoisotopic (exact) mass is 237 g/mol. The quantitative estimate of drug-likeness (QED) is 0.835. The van der Waals surface area contributed by atoms with Crippen molar-refractivity contribution in [3.63, 3.8) is 0 Å². The number of nitrogens with zero attached hydrogens (tertiary/aromatic N) is 2. The van der Waals surface area contributed by atoms with E-state index in [1.54, 1.807) is 18.3 Å². The van der Waals surface area contributed by atoms with Gasteiger partial charge in [0.1, 0.15) is 11.6 Å². The highest BCUT2D eigenvalue weighted by Crippen LogP contribution is 2.09. The summed E-state index contributed by atoms with van der Waals surface area (Å²) in [6.07, 6.45) is 1.56. The van der Waals surface area contributed by atoms with Crippen molar-refractivity contribution in [3.8, 4) is 0 Å². The average molecular weight is 238 g/mol. The van der Waals surface area contributed by atoms with Gasteiger partial charge < -0.3 is 5.32 Å². The van der Waals surface area contributed by atoms with Gasteiger partial charge in [0.05, 0.1) is 0 Å². The lowest BCUT2D eigenvalue weighted by molar-refractivity contribution is 0.626. The Kier molecular flexibility index (Phi) is 3.31. The van der Waals surface area contributed by atoms with Gasteiger partial charge in [-0.3, -0.25) is 0 Å². The Hall–Kier alpha value is -1.68. The first-order chi connectivity index (χ1) is 7.74. The summed E-state index contributed by atoms with van der Waals surface area (Å²) in [7, 11) is 0. The van der Waals surface area contributed by atoms with Crippen LogP contribution in [0.2, 0.25) is 5.28 Å². The summed E-state index contributed by atoms with van der Waals surface area (Å²) in [6.45, 7) is 0.491. The maximum absolute atomic E-state index is 12.9. The summed E-state index contributed by atoms with van der Waals surface area (Å²) in [5, 5.41) is 3.21. The number of nitrogens with one attached hydrogen (secondary N) is 1. The molecule has 0 saturated carbocycles. The van der Waals surface area contributed by atoms with Crippen molar-refractivity contribution in [1.82, 2.24) is 9.97 Å². The second kappa shape index (κ2) is 4.90. The molecule has 0 amide bonds. The first-order valence-electron chi connectivity index (χ1n) is 4.71. The fraction of sp³-hybridized carbons (Fsp3) is 0.0909. The molecule has 0 atom stereocenters. The normalized spacial score (nSPS) is 10.1. The summed E-state index contributed by atoms with van der Waals surface area (Å²) in [5.41, 5.74) is 0.842.